The van der Waals surface area contributed by atoms with Crippen LogP contribution >= 0.6 is 0 Å². The van der Waals surface area contributed by atoms with Gasteiger partial charge in [-0.25, -0.2) is 4.79 Å². The number of amides is 1. The Morgan fingerprint density at radius 1 is 1.29 bits per heavy atom. The average molecular weight is 301 g/mol. The van der Waals surface area contributed by atoms with Gasteiger partial charge >= 0.3 is 12.1 Å². The van der Waals surface area contributed by atoms with Crippen LogP contribution in [0.1, 0.15) is 65.7 Å². The van der Waals surface area contributed by atoms with Crippen LogP contribution in [0.15, 0.2) is 0 Å². The molecular weight excluding hydrogens is 274 g/mol. The molecule has 0 bridgehead atoms. The summed E-state index contributed by atoms with van der Waals surface area (Å²) < 4.78 is 5.23. The topological polar surface area (TPSA) is 95.9 Å². The van der Waals surface area contributed by atoms with Crippen molar-refractivity contribution >= 4 is 12.1 Å². The van der Waals surface area contributed by atoms with Crippen molar-refractivity contribution in [2.45, 2.75) is 83.0 Å². The maximum Gasteiger partial charge on any atom is 0.408 e. The lowest BCUT2D eigenvalue weighted by atomic mass is 9.80. The summed E-state index contributed by atoms with van der Waals surface area (Å²) in [5.74, 6) is -0.987. The van der Waals surface area contributed by atoms with Gasteiger partial charge in [-0.3, -0.25) is 4.79 Å². The summed E-state index contributed by atoms with van der Waals surface area (Å²) >= 11 is 0. The summed E-state index contributed by atoms with van der Waals surface area (Å²) in [6, 6.07) is 0. The fraction of sp³-hybridized carbons (Fsp3) is 0.867. The molecule has 2 atom stereocenters. The minimum atomic E-state index is -0.987. The average Bonchev–Trinajstić information content (AvgIpc) is 2.21. The highest BCUT2D eigenvalue weighted by Gasteiger charge is 2.38. The summed E-state index contributed by atoms with van der Waals surface area (Å²) in [6.07, 6.45) is 2.67. The third kappa shape index (κ3) is 6.80. The first-order valence-electron chi connectivity index (χ1n) is 7.53. The molecule has 1 rings (SSSR count). The number of carboxylic acid groups (broad SMARTS) is 1. The third-order valence-corrected chi connectivity index (χ3v) is 3.57. The number of nitrogens with one attached hydrogen (secondary N) is 1. The summed E-state index contributed by atoms with van der Waals surface area (Å²) in [4.78, 5) is 23.2. The van der Waals surface area contributed by atoms with Gasteiger partial charge in [-0.15, -0.1) is 0 Å². The molecule has 0 aromatic rings. The van der Waals surface area contributed by atoms with Gasteiger partial charge in [-0.1, -0.05) is 19.3 Å². The second kappa shape index (κ2) is 7.11. The van der Waals surface area contributed by atoms with Gasteiger partial charge in [0.15, 0.2) is 0 Å². The molecule has 1 aliphatic carbocycles. The predicted molar refractivity (Wildman–Crippen MR) is 78.1 cm³/mol. The van der Waals surface area contributed by atoms with E-state index in [-0.39, 0.29) is 12.8 Å². The molecule has 0 saturated heterocycles. The number of rotatable bonds is 3. The lowest BCUT2D eigenvalue weighted by Crippen LogP contribution is -2.53. The van der Waals surface area contributed by atoms with Crippen LogP contribution in [-0.4, -0.2) is 39.5 Å². The van der Waals surface area contributed by atoms with E-state index in [1.54, 1.807) is 20.8 Å². The molecule has 0 aromatic carbocycles. The zero-order chi connectivity index (χ0) is 16.1. The Labute approximate surface area is 125 Å². The van der Waals surface area contributed by atoms with Crippen molar-refractivity contribution in [1.82, 2.24) is 5.32 Å². The monoisotopic (exact) mass is 301 g/mol. The first kappa shape index (κ1) is 17.8. The summed E-state index contributed by atoms with van der Waals surface area (Å²) in [7, 11) is 0. The zero-order valence-corrected chi connectivity index (χ0v) is 13.1. The second-order valence-corrected chi connectivity index (χ2v) is 6.94. The normalized spacial score (nSPS) is 27.3. The van der Waals surface area contributed by atoms with Crippen molar-refractivity contribution in [2.75, 3.05) is 0 Å². The van der Waals surface area contributed by atoms with Gasteiger partial charge in [0.2, 0.25) is 0 Å². The molecule has 6 nitrogen and oxygen atoms in total. The smallest absolute Gasteiger partial charge is 0.408 e. The molecule has 6 heteroatoms. The molecular formula is C15H27NO5. The number of hydrogen-bond acceptors (Lipinski definition) is 4. The highest BCUT2D eigenvalue weighted by Crippen LogP contribution is 2.30. The molecule has 122 valence electrons. The van der Waals surface area contributed by atoms with Crippen LogP contribution in [0.3, 0.4) is 0 Å². The van der Waals surface area contributed by atoms with Gasteiger partial charge in [0.05, 0.1) is 18.1 Å². The maximum absolute atomic E-state index is 12.0. The van der Waals surface area contributed by atoms with Crippen LogP contribution in [0.25, 0.3) is 0 Å². The molecule has 21 heavy (non-hydrogen) atoms. The zero-order valence-electron chi connectivity index (χ0n) is 13.1. The van der Waals surface area contributed by atoms with Crippen molar-refractivity contribution < 1.29 is 24.5 Å². The summed E-state index contributed by atoms with van der Waals surface area (Å²) in [5.41, 5.74) is -1.58. The summed E-state index contributed by atoms with van der Waals surface area (Å²) in [5, 5.41) is 21.9. The van der Waals surface area contributed by atoms with E-state index >= 15 is 0 Å². The Hall–Kier alpha value is -1.30. The molecule has 1 fully saturated rings. The first-order chi connectivity index (χ1) is 9.62. The molecule has 0 aliphatic heterocycles. The van der Waals surface area contributed by atoms with E-state index in [0.717, 1.165) is 19.3 Å². The number of alkyl carbamates (subject to hydrolysis) is 1. The minimum Gasteiger partial charge on any atom is -0.481 e. The Morgan fingerprint density at radius 3 is 2.52 bits per heavy atom. The van der Waals surface area contributed by atoms with Crippen molar-refractivity contribution in [3.63, 3.8) is 0 Å². The van der Waals surface area contributed by atoms with Gasteiger partial charge in [0.25, 0.3) is 0 Å². The van der Waals surface area contributed by atoms with E-state index in [1.807, 2.05) is 0 Å². The Morgan fingerprint density at radius 2 is 1.95 bits per heavy atom. The molecule has 3 N–H and O–H groups in total. The van der Waals surface area contributed by atoms with Crippen molar-refractivity contribution in [1.29, 1.82) is 0 Å². The van der Waals surface area contributed by atoms with E-state index in [1.165, 1.54) is 0 Å². The van der Waals surface area contributed by atoms with Crippen LogP contribution in [0, 0.1) is 0 Å². The quantitative estimate of drug-likeness (QED) is 0.744. The Balaban J connectivity index is 2.85. The highest BCUT2D eigenvalue weighted by molar-refractivity contribution is 5.73. The molecule has 1 aliphatic rings. The van der Waals surface area contributed by atoms with Crippen molar-refractivity contribution in [3.8, 4) is 0 Å². The van der Waals surface area contributed by atoms with E-state index in [4.69, 9.17) is 9.84 Å². The number of carboxylic acids is 1. The van der Waals surface area contributed by atoms with Crippen LogP contribution in [0.4, 0.5) is 4.79 Å². The Bertz CT molecular complexity index is 377. The third-order valence-electron chi connectivity index (χ3n) is 3.57. The largest absolute Gasteiger partial charge is 0.481 e. The predicted octanol–water partition coefficient (Wildman–Crippen LogP) is 2.44. The van der Waals surface area contributed by atoms with Crippen LogP contribution in [0.2, 0.25) is 0 Å². The van der Waals surface area contributed by atoms with Gasteiger partial charge in [0.1, 0.15) is 5.60 Å². The highest BCUT2D eigenvalue weighted by atomic mass is 16.6. The SMILES string of the molecule is CC(C)(C)OC(=O)NC1(CC(=O)O)CCCCCC(O)C1. The number of hydrogen-bond donors (Lipinski definition) is 3. The van der Waals surface area contributed by atoms with E-state index in [9.17, 15) is 14.7 Å². The summed E-state index contributed by atoms with van der Waals surface area (Å²) in [6.45, 7) is 5.26. The van der Waals surface area contributed by atoms with Gasteiger partial charge < -0.3 is 20.3 Å². The van der Waals surface area contributed by atoms with E-state index in [0.29, 0.717) is 12.8 Å². The first-order valence-corrected chi connectivity index (χ1v) is 7.53. The minimum absolute atomic E-state index is 0.205. The molecule has 0 heterocycles. The van der Waals surface area contributed by atoms with Gasteiger partial charge in [-0.2, -0.15) is 0 Å². The number of carbonyl (C=O) groups is 2. The number of carbonyl (C=O) groups excluding carboxylic acids is 1. The van der Waals surface area contributed by atoms with Crippen LogP contribution in [-0.2, 0) is 9.53 Å². The number of aliphatic hydroxyl groups excluding tert-OH is 1. The van der Waals surface area contributed by atoms with Crippen LogP contribution < -0.4 is 5.32 Å². The lowest BCUT2D eigenvalue weighted by Gasteiger charge is -2.37. The molecule has 0 aromatic heterocycles. The molecule has 0 spiro atoms. The Kier molecular flexibility index (Phi) is 6.01. The van der Waals surface area contributed by atoms with E-state index in [2.05, 4.69) is 5.32 Å². The number of ether oxygens (including phenoxy) is 1. The molecule has 1 saturated carbocycles. The van der Waals surface area contributed by atoms with E-state index < -0.39 is 29.3 Å². The fourth-order valence-corrected chi connectivity index (χ4v) is 2.80. The maximum atomic E-state index is 12.0. The van der Waals surface area contributed by atoms with Crippen molar-refractivity contribution in [2.24, 2.45) is 0 Å². The molecule has 0 radical (unpaired) electrons. The van der Waals surface area contributed by atoms with Crippen LogP contribution in [0.5, 0.6) is 0 Å². The van der Waals surface area contributed by atoms with Crippen molar-refractivity contribution in [3.05, 3.63) is 0 Å². The van der Waals surface area contributed by atoms with Gasteiger partial charge in [0, 0.05) is 0 Å². The number of aliphatic carboxylic acids is 1. The number of aliphatic hydroxyl groups is 1. The molecule has 2 unspecified atom stereocenters. The lowest BCUT2D eigenvalue weighted by molar-refractivity contribution is -0.139. The fourth-order valence-electron chi connectivity index (χ4n) is 2.80. The second-order valence-electron chi connectivity index (χ2n) is 6.94. The molecule has 1 amide bonds. The standard InChI is InChI=1S/C15H27NO5/c1-14(2,3)21-13(20)16-15(10-12(18)19)8-6-4-5-7-11(17)9-15/h11,17H,4-10H2,1-3H3,(H,16,20)(H,18,19). The van der Waals surface area contributed by atoms with Gasteiger partial charge in [-0.05, 0) is 40.0 Å².